The molecule has 2 aliphatic carbocycles. The van der Waals surface area contributed by atoms with Crippen LogP contribution in [-0.4, -0.2) is 0 Å². The van der Waals surface area contributed by atoms with E-state index in [2.05, 4.69) is 0 Å². The van der Waals surface area contributed by atoms with E-state index in [0.717, 1.165) is 5.41 Å². The highest BCUT2D eigenvalue weighted by Gasteiger charge is 2.29. The topological polar surface area (TPSA) is 0 Å². The molecule has 0 nitrogen and oxygen atoms in total. The minimum absolute atomic E-state index is 0.806. The van der Waals surface area contributed by atoms with E-state index in [9.17, 15) is 0 Å². The highest BCUT2D eigenvalue weighted by molar-refractivity contribution is 4.82. The molecule has 0 heteroatoms. The van der Waals surface area contributed by atoms with E-state index in [1.54, 1.807) is 25.7 Å². The lowest BCUT2D eigenvalue weighted by molar-refractivity contribution is 0.194. The Morgan fingerprint density at radius 2 is 0.600 bits per heavy atom. The zero-order chi connectivity index (χ0) is 10.4. The monoisotopic (exact) mass is 208 g/mol. The summed E-state index contributed by atoms with van der Waals surface area (Å²) in [6.45, 7) is 0. The molecule has 0 radical (unpaired) electrons. The molecule has 0 aliphatic heterocycles. The van der Waals surface area contributed by atoms with Crippen molar-refractivity contribution in [2.45, 2.75) is 89.9 Å². The third kappa shape index (κ3) is 3.50. The van der Waals surface area contributed by atoms with Crippen LogP contribution in [0, 0.1) is 5.41 Å². The van der Waals surface area contributed by atoms with Gasteiger partial charge in [0.25, 0.3) is 0 Å². The van der Waals surface area contributed by atoms with Gasteiger partial charge in [0, 0.05) is 0 Å². The zero-order valence-corrected chi connectivity index (χ0v) is 10.4. The molecule has 0 heterocycles. The Morgan fingerprint density at radius 1 is 0.333 bits per heavy atom. The summed E-state index contributed by atoms with van der Waals surface area (Å²) in [7, 11) is 0. The van der Waals surface area contributed by atoms with Crippen molar-refractivity contribution in [3.8, 4) is 0 Å². The number of rotatable bonds is 0. The van der Waals surface area contributed by atoms with Crippen molar-refractivity contribution in [1.29, 1.82) is 0 Å². The average Bonchev–Trinajstić information content (AvgIpc) is 2.40. The molecule has 0 bridgehead atoms. The van der Waals surface area contributed by atoms with E-state index in [-0.39, 0.29) is 0 Å². The van der Waals surface area contributed by atoms with Gasteiger partial charge in [-0.3, -0.25) is 0 Å². The Kier molecular flexibility index (Phi) is 4.53. The molecule has 0 unspecified atom stereocenters. The number of hydrogen-bond donors (Lipinski definition) is 0. The van der Waals surface area contributed by atoms with Gasteiger partial charge < -0.3 is 0 Å². The predicted molar refractivity (Wildman–Crippen MR) is 67.1 cm³/mol. The van der Waals surface area contributed by atoms with Gasteiger partial charge in [0.2, 0.25) is 0 Å². The number of hydrogen-bond acceptors (Lipinski definition) is 0. The lowest BCUT2D eigenvalue weighted by Crippen LogP contribution is -2.19. The van der Waals surface area contributed by atoms with Crippen LogP contribution in [0.1, 0.15) is 89.9 Å². The van der Waals surface area contributed by atoms with Crippen molar-refractivity contribution >= 4 is 0 Å². The van der Waals surface area contributed by atoms with Gasteiger partial charge in [-0.2, -0.15) is 0 Å². The quantitative estimate of drug-likeness (QED) is 0.496. The molecular weight excluding hydrogens is 180 g/mol. The van der Waals surface area contributed by atoms with Crippen LogP contribution in [-0.2, 0) is 0 Å². The third-order valence-electron chi connectivity index (χ3n) is 4.83. The van der Waals surface area contributed by atoms with Crippen LogP contribution in [0.5, 0.6) is 0 Å². The van der Waals surface area contributed by atoms with Crippen LogP contribution >= 0.6 is 0 Å². The second-order valence-electron chi connectivity index (χ2n) is 6.04. The van der Waals surface area contributed by atoms with Crippen LogP contribution in [0.4, 0.5) is 0 Å². The van der Waals surface area contributed by atoms with Crippen molar-refractivity contribution in [3.05, 3.63) is 0 Å². The minimum Gasteiger partial charge on any atom is -0.0533 e. The molecule has 2 fully saturated rings. The van der Waals surface area contributed by atoms with Crippen LogP contribution in [0.3, 0.4) is 0 Å². The summed E-state index contributed by atoms with van der Waals surface area (Å²) in [5.41, 5.74) is 0.806. The van der Waals surface area contributed by atoms with Crippen molar-refractivity contribution < 1.29 is 0 Å². The molecule has 0 aromatic rings. The first-order valence-electron chi connectivity index (χ1n) is 7.41. The van der Waals surface area contributed by atoms with E-state index in [1.165, 1.54) is 64.2 Å². The maximum atomic E-state index is 1.56. The van der Waals surface area contributed by atoms with E-state index in [4.69, 9.17) is 0 Å². The van der Waals surface area contributed by atoms with Crippen molar-refractivity contribution in [1.82, 2.24) is 0 Å². The van der Waals surface area contributed by atoms with Gasteiger partial charge >= 0.3 is 0 Å². The molecule has 2 saturated carbocycles. The van der Waals surface area contributed by atoms with E-state index < -0.39 is 0 Å². The van der Waals surface area contributed by atoms with Crippen LogP contribution in [0.15, 0.2) is 0 Å². The van der Waals surface area contributed by atoms with Crippen LogP contribution < -0.4 is 0 Å². The molecule has 0 atom stereocenters. The lowest BCUT2D eigenvalue weighted by atomic mass is 9.73. The minimum atomic E-state index is 0.806. The fourth-order valence-electron chi connectivity index (χ4n) is 3.81. The van der Waals surface area contributed by atoms with Gasteiger partial charge in [-0.15, -0.1) is 0 Å². The van der Waals surface area contributed by atoms with Crippen LogP contribution in [0.25, 0.3) is 0 Å². The van der Waals surface area contributed by atoms with Gasteiger partial charge in [-0.25, -0.2) is 0 Å². The van der Waals surface area contributed by atoms with Crippen molar-refractivity contribution in [3.63, 3.8) is 0 Å². The predicted octanol–water partition coefficient (Wildman–Crippen LogP) is 5.46. The first kappa shape index (κ1) is 11.5. The second-order valence-corrected chi connectivity index (χ2v) is 6.04. The lowest BCUT2D eigenvalue weighted by Gasteiger charge is -2.33. The van der Waals surface area contributed by atoms with E-state index in [0.29, 0.717) is 0 Å². The van der Waals surface area contributed by atoms with Crippen molar-refractivity contribution in [2.24, 2.45) is 5.41 Å². The largest absolute Gasteiger partial charge is 0.0533 e. The normalized spacial score (nSPS) is 28.8. The Hall–Kier alpha value is 0. The average molecular weight is 208 g/mol. The highest BCUT2D eigenvalue weighted by atomic mass is 14.3. The summed E-state index contributed by atoms with van der Waals surface area (Å²) in [4.78, 5) is 0. The first-order chi connectivity index (χ1) is 7.41. The molecular formula is C15H28. The fraction of sp³-hybridized carbons (Fsp3) is 1.00. The first-order valence-corrected chi connectivity index (χ1v) is 7.41. The second kappa shape index (κ2) is 5.92. The Labute approximate surface area is 95.8 Å². The maximum Gasteiger partial charge on any atom is -0.0297 e. The highest BCUT2D eigenvalue weighted by Crippen LogP contribution is 2.44. The molecule has 2 aliphatic rings. The summed E-state index contributed by atoms with van der Waals surface area (Å²) in [5, 5.41) is 0. The van der Waals surface area contributed by atoms with Gasteiger partial charge in [-0.1, -0.05) is 64.2 Å². The summed E-state index contributed by atoms with van der Waals surface area (Å²) in [5.74, 6) is 0. The summed E-state index contributed by atoms with van der Waals surface area (Å²) < 4.78 is 0. The summed E-state index contributed by atoms with van der Waals surface area (Å²) >= 11 is 0. The standard InChI is InChI=1S/C15H28/c1-2-4-8-12-15(11-7-3-1)13-9-5-6-10-14-15/h1-14H2. The van der Waals surface area contributed by atoms with Gasteiger partial charge in [0.15, 0.2) is 0 Å². The fourth-order valence-corrected chi connectivity index (χ4v) is 3.81. The molecule has 1 spiro atoms. The Balaban J connectivity index is 1.93. The smallest absolute Gasteiger partial charge is 0.0297 e. The third-order valence-corrected chi connectivity index (χ3v) is 4.83. The van der Waals surface area contributed by atoms with Crippen LogP contribution in [0.2, 0.25) is 0 Å². The SMILES string of the molecule is C1CCCCC2(CCC1)CCCCCC2. The molecule has 0 aromatic heterocycles. The molecule has 88 valence electrons. The van der Waals surface area contributed by atoms with E-state index >= 15 is 0 Å². The molecule has 0 saturated heterocycles. The molecule has 0 amide bonds. The van der Waals surface area contributed by atoms with E-state index in [1.807, 2.05) is 0 Å². The molecule has 2 rings (SSSR count). The van der Waals surface area contributed by atoms with Gasteiger partial charge in [0.05, 0.1) is 0 Å². The summed E-state index contributed by atoms with van der Waals surface area (Å²) in [6, 6.07) is 0. The van der Waals surface area contributed by atoms with Crippen molar-refractivity contribution in [2.75, 3.05) is 0 Å². The molecule has 15 heavy (non-hydrogen) atoms. The van der Waals surface area contributed by atoms with Gasteiger partial charge in [-0.05, 0) is 31.1 Å². The summed E-state index contributed by atoms with van der Waals surface area (Å²) in [6.07, 6.45) is 21.4. The maximum absolute atomic E-state index is 1.56. The van der Waals surface area contributed by atoms with Gasteiger partial charge in [0.1, 0.15) is 0 Å². The molecule has 0 aromatic carbocycles. The zero-order valence-electron chi connectivity index (χ0n) is 10.4. The Bertz CT molecular complexity index is 151. The molecule has 0 N–H and O–H groups in total. The Morgan fingerprint density at radius 3 is 0.933 bits per heavy atom.